The lowest BCUT2D eigenvalue weighted by molar-refractivity contribution is 0.0498. The quantitative estimate of drug-likeness (QED) is 0.730. The van der Waals surface area contributed by atoms with Crippen LogP contribution in [0.2, 0.25) is 0 Å². The highest BCUT2D eigenvalue weighted by Crippen LogP contribution is 2.25. The topological polar surface area (TPSA) is 45.2 Å². The fourth-order valence-electron chi connectivity index (χ4n) is 3.82. The highest BCUT2D eigenvalue weighted by molar-refractivity contribution is 5.38. The van der Waals surface area contributed by atoms with E-state index in [0.717, 1.165) is 48.8 Å². The number of piperazine rings is 1. The summed E-state index contributed by atoms with van der Waals surface area (Å²) < 4.78 is 37.4. The summed E-state index contributed by atoms with van der Waals surface area (Å²) in [6, 6.07) is 10.0. The SMILES string of the molecule is COc1cc(CN2CCN(Cc3ccc(F)c(F)c3)C[C@@H]2CCO)cc(OC)c1. The Kier molecular flexibility index (Phi) is 7.41. The smallest absolute Gasteiger partial charge is 0.159 e. The van der Waals surface area contributed by atoms with Crippen LogP contribution in [0.15, 0.2) is 36.4 Å². The summed E-state index contributed by atoms with van der Waals surface area (Å²) in [5.41, 5.74) is 1.83. The van der Waals surface area contributed by atoms with Gasteiger partial charge < -0.3 is 14.6 Å². The fraction of sp³-hybridized carbons (Fsp3) is 0.455. The van der Waals surface area contributed by atoms with Crippen LogP contribution in [0.25, 0.3) is 0 Å². The van der Waals surface area contributed by atoms with Crippen LogP contribution in [0.1, 0.15) is 17.5 Å². The molecule has 0 aliphatic carbocycles. The van der Waals surface area contributed by atoms with Gasteiger partial charge in [0.05, 0.1) is 14.2 Å². The van der Waals surface area contributed by atoms with Crippen LogP contribution in [0, 0.1) is 11.6 Å². The molecule has 1 aliphatic heterocycles. The van der Waals surface area contributed by atoms with Gasteiger partial charge in [0.2, 0.25) is 0 Å². The molecule has 29 heavy (non-hydrogen) atoms. The zero-order valence-corrected chi connectivity index (χ0v) is 16.9. The molecule has 1 N–H and O–H groups in total. The number of halogens is 2. The predicted molar refractivity (Wildman–Crippen MR) is 107 cm³/mol. The molecule has 2 aromatic rings. The third-order valence-corrected chi connectivity index (χ3v) is 5.34. The van der Waals surface area contributed by atoms with Crippen molar-refractivity contribution < 1.29 is 23.4 Å². The molecule has 0 spiro atoms. The summed E-state index contributed by atoms with van der Waals surface area (Å²) in [5.74, 6) is -0.157. The van der Waals surface area contributed by atoms with Crippen molar-refractivity contribution in [1.29, 1.82) is 0 Å². The van der Waals surface area contributed by atoms with Crippen LogP contribution in [0.3, 0.4) is 0 Å². The van der Waals surface area contributed by atoms with Gasteiger partial charge in [0.15, 0.2) is 11.6 Å². The van der Waals surface area contributed by atoms with Crippen molar-refractivity contribution in [3.8, 4) is 11.5 Å². The van der Waals surface area contributed by atoms with E-state index in [1.807, 2.05) is 18.2 Å². The normalized spacial score (nSPS) is 18.0. The molecule has 2 aromatic carbocycles. The Balaban J connectivity index is 1.68. The van der Waals surface area contributed by atoms with Crippen molar-refractivity contribution in [2.75, 3.05) is 40.5 Å². The third kappa shape index (κ3) is 5.65. The standard InChI is InChI=1S/C22H28F2N2O3/c1-28-19-9-17(10-20(12-19)29-2)14-26-7-6-25(15-18(26)5-8-27)13-16-3-4-21(23)22(24)11-16/h3-4,9-12,18,27H,5-8,13-15H2,1-2H3/t18-/m0/s1. The average Bonchev–Trinajstić information content (AvgIpc) is 2.72. The highest BCUT2D eigenvalue weighted by atomic mass is 19.2. The number of aliphatic hydroxyl groups excluding tert-OH is 1. The van der Waals surface area contributed by atoms with Crippen LogP contribution in [-0.4, -0.2) is 61.4 Å². The molecule has 5 nitrogen and oxygen atoms in total. The Hall–Kier alpha value is -2.22. The molecule has 3 rings (SSSR count). The summed E-state index contributed by atoms with van der Waals surface area (Å²) in [7, 11) is 3.26. The largest absolute Gasteiger partial charge is 0.497 e. The van der Waals surface area contributed by atoms with E-state index < -0.39 is 11.6 Å². The second kappa shape index (κ2) is 10.0. The molecule has 0 saturated carbocycles. The minimum absolute atomic E-state index is 0.0988. The van der Waals surface area contributed by atoms with Crippen LogP contribution < -0.4 is 9.47 Å². The lowest BCUT2D eigenvalue weighted by atomic mass is 10.1. The van der Waals surface area contributed by atoms with Gasteiger partial charge in [0.25, 0.3) is 0 Å². The van der Waals surface area contributed by atoms with Gasteiger partial charge >= 0.3 is 0 Å². The van der Waals surface area contributed by atoms with Crippen LogP contribution >= 0.6 is 0 Å². The minimum Gasteiger partial charge on any atom is -0.497 e. The fourth-order valence-corrected chi connectivity index (χ4v) is 3.82. The molecule has 0 aromatic heterocycles. The molecule has 0 unspecified atom stereocenters. The van der Waals surface area contributed by atoms with Crippen LogP contribution in [-0.2, 0) is 13.1 Å². The van der Waals surface area contributed by atoms with E-state index in [1.165, 1.54) is 12.1 Å². The summed E-state index contributed by atoms with van der Waals surface area (Å²) in [6.45, 7) is 3.75. The van der Waals surface area contributed by atoms with Crippen LogP contribution in [0.4, 0.5) is 8.78 Å². The summed E-state index contributed by atoms with van der Waals surface area (Å²) >= 11 is 0. The molecule has 0 amide bonds. The lowest BCUT2D eigenvalue weighted by Crippen LogP contribution is -2.52. The second-order valence-corrected chi connectivity index (χ2v) is 7.34. The monoisotopic (exact) mass is 406 g/mol. The number of benzene rings is 2. The number of hydrogen-bond acceptors (Lipinski definition) is 5. The van der Waals surface area contributed by atoms with Gasteiger partial charge in [-0.1, -0.05) is 6.07 Å². The maximum absolute atomic E-state index is 13.5. The van der Waals surface area contributed by atoms with Crippen molar-refractivity contribution in [2.24, 2.45) is 0 Å². The molecule has 1 aliphatic rings. The third-order valence-electron chi connectivity index (χ3n) is 5.34. The summed E-state index contributed by atoms with van der Waals surface area (Å²) in [6.07, 6.45) is 0.648. The first kappa shape index (κ1) is 21.5. The number of aliphatic hydroxyl groups is 1. The number of ether oxygens (including phenoxy) is 2. The zero-order chi connectivity index (χ0) is 20.8. The van der Waals surface area contributed by atoms with Gasteiger partial charge in [-0.05, 0) is 41.8 Å². The summed E-state index contributed by atoms with van der Waals surface area (Å²) in [5, 5.41) is 9.53. The zero-order valence-electron chi connectivity index (χ0n) is 16.9. The lowest BCUT2D eigenvalue weighted by Gasteiger charge is -2.41. The number of rotatable bonds is 8. The van der Waals surface area contributed by atoms with Crippen molar-refractivity contribution in [1.82, 2.24) is 9.80 Å². The maximum atomic E-state index is 13.5. The van der Waals surface area contributed by atoms with E-state index in [9.17, 15) is 13.9 Å². The molecule has 158 valence electrons. The molecule has 1 atom stereocenters. The van der Waals surface area contributed by atoms with Gasteiger partial charge in [-0.15, -0.1) is 0 Å². The molecular weight excluding hydrogens is 378 g/mol. The predicted octanol–water partition coefficient (Wildman–Crippen LogP) is 3.05. The van der Waals surface area contributed by atoms with E-state index in [-0.39, 0.29) is 12.6 Å². The van der Waals surface area contributed by atoms with Gasteiger partial charge in [-0.3, -0.25) is 9.80 Å². The Labute approximate surface area is 170 Å². The van der Waals surface area contributed by atoms with E-state index in [2.05, 4.69) is 9.80 Å². The first-order valence-electron chi connectivity index (χ1n) is 9.75. The van der Waals surface area contributed by atoms with Gasteiger partial charge in [-0.2, -0.15) is 0 Å². The second-order valence-electron chi connectivity index (χ2n) is 7.34. The van der Waals surface area contributed by atoms with Crippen molar-refractivity contribution in [3.63, 3.8) is 0 Å². The van der Waals surface area contributed by atoms with Crippen molar-refractivity contribution in [3.05, 3.63) is 59.2 Å². The molecule has 1 fully saturated rings. The van der Waals surface area contributed by atoms with E-state index in [0.29, 0.717) is 13.0 Å². The average molecular weight is 406 g/mol. The number of nitrogens with zero attached hydrogens (tertiary/aromatic N) is 2. The van der Waals surface area contributed by atoms with Crippen LogP contribution in [0.5, 0.6) is 11.5 Å². The Morgan fingerprint density at radius 1 is 0.931 bits per heavy atom. The minimum atomic E-state index is -0.828. The van der Waals surface area contributed by atoms with Gasteiger partial charge in [0, 0.05) is 51.4 Å². The Morgan fingerprint density at radius 2 is 1.66 bits per heavy atom. The highest BCUT2D eigenvalue weighted by Gasteiger charge is 2.27. The van der Waals surface area contributed by atoms with Gasteiger partial charge in [-0.25, -0.2) is 8.78 Å². The van der Waals surface area contributed by atoms with Crippen molar-refractivity contribution in [2.45, 2.75) is 25.6 Å². The molecule has 1 heterocycles. The first-order valence-corrected chi connectivity index (χ1v) is 9.75. The van der Waals surface area contributed by atoms with Crippen molar-refractivity contribution >= 4 is 0 Å². The van der Waals surface area contributed by atoms with E-state index >= 15 is 0 Å². The molecule has 0 radical (unpaired) electrons. The Morgan fingerprint density at radius 3 is 2.28 bits per heavy atom. The Bertz CT molecular complexity index is 796. The van der Waals surface area contributed by atoms with E-state index in [4.69, 9.17) is 9.47 Å². The number of methoxy groups -OCH3 is 2. The first-order chi connectivity index (χ1) is 14.0. The number of hydrogen-bond donors (Lipinski definition) is 1. The molecular formula is C22H28F2N2O3. The molecule has 7 heteroatoms. The summed E-state index contributed by atoms with van der Waals surface area (Å²) in [4.78, 5) is 4.56. The molecule has 0 bridgehead atoms. The van der Waals surface area contributed by atoms with Gasteiger partial charge in [0.1, 0.15) is 11.5 Å². The maximum Gasteiger partial charge on any atom is 0.159 e. The van der Waals surface area contributed by atoms with E-state index in [1.54, 1.807) is 20.3 Å². The molecule has 1 saturated heterocycles.